The van der Waals surface area contributed by atoms with Crippen LogP contribution in [0, 0.1) is 17.5 Å². The van der Waals surface area contributed by atoms with E-state index in [4.69, 9.17) is 4.52 Å². The Hall–Kier alpha value is -3.45. The molecule has 0 amide bonds. The molecule has 4 rings (SSSR count). The molecule has 2 heterocycles. The summed E-state index contributed by atoms with van der Waals surface area (Å²) in [6, 6.07) is 11.7. The Kier molecular flexibility index (Phi) is 4.67. The smallest absolute Gasteiger partial charge is 0.173 e. The molecule has 0 bridgehead atoms. The fourth-order valence-electron chi connectivity index (χ4n) is 2.94. The highest BCUT2D eigenvalue weighted by Crippen LogP contribution is 2.39. The van der Waals surface area contributed by atoms with E-state index >= 15 is 0 Å². The number of aliphatic hydroxyl groups excluding tert-OH is 1. The van der Waals surface area contributed by atoms with Gasteiger partial charge in [-0.3, -0.25) is 4.98 Å². The second-order valence-electron chi connectivity index (χ2n) is 6.09. The Labute approximate surface area is 157 Å². The van der Waals surface area contributed by atoms with Crippen LogP contribution in [0.1, 0.15) is 17.2 Å². The van der Waals surface area contributed by atoms with Gasteiger partial charge < -0.3 is 9.63 Å². The summed E-state index contributed by atoms with van der Waals surface area (Å²) in [5, 5.41) is 14.9. The van der Waals surface area contributed by atoms with Crippen molar-refractivity contribution in [1.82, 2.24) is 10.1 Å². The molecule has 4 nitrogen and oxygen atoms in total. The lowest BCUT2D eigenvalue weighted by Crippen LogP contribution is -2.03. The highest BCUT2D eigenvalue weighted by Gasteiger charge is 2.28. The fourth-order valence-corrected chi connectivity index (χ4v) is 2.94. The van der Waals surface area contributed by atoms with Crippen LogP contribution >= 0.6 is 0 Å². The van der Waals surface area contributed by atoms with Crippen LogP contribution in [0.2, 0.25) is 0 Å². The van der Waals surface area contributed by atoms with Crippen molar-refractivity contribution >= 4 is 0 Å². The molecular weight excluding hydrogens is 369 g/mol. The average Bonchev–Trinajstić information content (AvgIpc) is 3.13. The second-order valence-corrected chi connectivity index (χ2v) is 6.09. The number of hydrogen-bond acceptors (Lipinski definition) is 4. The monoisotopic (exact) mass is 382 g/mol. The van der Waals surface area contributed by atoms with Gasteiger partial charge in [0.1, 0.15) is 29.2 Å². The second kappa shape index (κ2) is 7.28. The molecular formula is C21H13F3N2O2. The Balaban J connectivity index is 1.93. The number of aliphatic hydroxyl groups is 1. The first-order valence-corrected chi connectivity index (χ1v) is 8.33. The van der Waals surface area contributed by atoms with Crippen LogP contribution in [-0.4, -0.2) is 15.2 Å². The topological polar surface area (TPSA) is 59.2 Å². The number of nitrogens with zero attached hydrogens (tertiary/aromatic N) is 2. The fraction of sp³-hybridized carbons (Fsp3) is 0.0476. The molecule has 140 valence electrons. The van der Waals surface area contributed by atoms with Crippen LogP contribution in [0.5, 0.6) is 0 Å². The van der Waals surface area contributed by atoms with Gasteiger partial charge in [0.25, 0.3) is 0 Å². The van der Waals surface area contributed by atoms with E-state index in [-0.39, 0.29) is 22.6 Å². The zero-order valence-corrected chi connectivity index (χ0v) is 14.3. The molecule has 0 fully saturated rings. The highest BCUT2D eigenvalue weighted by molar-refractivity contribution is 5.74. The molecule has 0 aliphatic heterocycles. The summed E-state index contributed by atoms with van der Waals surface area (Å²) < 4.78 is 46.4. The van der Waals surface area contributed by atoms with Gasteiger partial charge in [0.05, 0.1) is 5.56 Å². The predicted molar refractivity (Wildman–Crippen MR) is 95.5 cm³/mol. The first-order chi connectivity index (χ1) is 13.5. The van der Waals surface area contributed by atoms with Gasteiger partial charge in [0.15, 0.2) is 5.76 Å². The quantitative estimate of drug-likeness (QED) is 0.545. The molecule has 0 aliphatic rings. The minimum absolute atomic E-state index is 0.0215. The Morgan fingerprint density at radius 1 is 0.929 bits per heavy atom. The Morgan fingerprint density at radius 2 is 1.68 bits per heavy atom. The molecule has 1 atom stereocenters. The van der Waals surface area contributed by atoms with Crippen molar-refractivity contribution in [2.45, 2.75) is 6.10 Å². The summed E-state index contributed by atoms with van der Waals surface area (Å²) in [5.41, 5.74) is 1.04. The minimum Gasteiger partial charge on any atom is -0.383 e. The molecule has 1 unspecified atom stereocenters. The molecule has 0 aliphatic carbocycles. The maximum absolute atomic E-state index is 14.4. The van der Waals surface area contributed by atoms with Crippen LogP contribution in [-0.2, 0) is 0 Å². The SMILES string of the molecule is OC(c1cccnc1)c1c(-c2ccc(F)cc2F)noc1-c1ccc(F)cc1. The van der Waals surface area contributed by atoms with Gasteiger partial charge in [0, 0.05) is 35.2 Å². The third kappa shape index (κ3) is 3.27. The maximum atomic E-state index is 14.4. The standard InChI is InChI=1S/C21H13F3N2O2/c22-14-5-3-12(4-6-14)21-18(20(27)13-2-1-9-25-11-13)19(26-28-21)16-8-7-15(23)10-17(16)24/h1-11,20,27H. The van der Waals surface area contributed by atoms with E-state index in [2.05, 4.69) is 10.1 Å². The van der Waals surface area contributed by atoms with Gasteiger partial charge in [-0.05, 0) is 42.5 Å². The van der Waals surface area contributed by atoms with Crippen LogP contribution < -0.4 is 0 Å². The minimum atomic E-state index is -1.25. The average molecular weight is 382 g/mol. The Bertz CT molecular complexity index is 1110. The number of benzene rings is 2. The zero-order chi connectivity index (χ0) is 19.7. The van der Waals surface area contributed by atoms with E-state index in [1.807, 2.05) is 0 Å². The Morgan fingerprint density at radius 3 is 2.36 bits per heavy atom. The van der Waals surface area contributed by atoms with Crippen molar-refractivity contribution in [3.05, 3.63) is 95.6 Å². The molecule has 2 aromatic carbocycles. The molecule has 0 saturated carbocycles. The van der Waals surface area contributed by atoms with Crippen molar-refractivity contribution in [3.8, 4) is 22.6 Å². The van der Waals surface area contributed by atoms with E-state index in [0.29, 0.717) is 11.1 Å². The summed E-state index contributed by atoms with van der Waals surface area (Å²) in [4.78, 5) is 3.98. The van der Waals surface area contributed by atoms with E-state index in [0.717, 1.165) is 12.1 Å². The number of hydrogen-bond donors (Lipinski definition) is 1. The van der Waals surface area contributed by atoms with Gasteiger partial charge in [-0.15, -0.1) is 0 Å². The molecule has 0 spiro atoms. The van der Waals surface area contributed by atoms with Gasteiger partial charge in [0.2, 0.25) is 0 Å². The van der Waals surface area contributed by atoms with Gasteiger partial charge in [-0.25, -0.2) is 13.2 Å². The van der Waals surface area contributed by atoms with Crippen molar-refractivity contribution < 1.29 is 22.8 Å². The van der Waals surface area contributed by atoms with Gasteiger partial charge >= 0.3 is 0 Å². The molecule has 1 N–H and O–H groups in total. The maximum Gasteiger partial charge on any atom is 0.173 e. The first-order valence-electron chi connectivity index (χ1n) is 8.33. The van der Waals surface area contributed by atoms with Gasteiger partial charge in [-0.2, -0.15) is 0 Å². The van der Waals surface area contributed by atoms with Crippen LogP contribution in [0.15, 0.2) is 71.5 Å². The molecule has 28 heavy (non-hydrogen) atoms. The van der Waals surface area contributed by atoms with Crippen molar-refractivity contribution in [1.29, 1.82) is 0 Å². The summed E-state index contributed by atoms with van der Waals surface area (Å²) in [6.07, 6.45) is 1.75. The molecule has 7 heteroatoms. The molecule has 4 aromatic rings. The van der Waals surface area contributed by atoms with Gasteiger partial charge in [-0.1, -0.05) is 11.2 Å². The van der Waals surface area contributed by atoms with Crippen molar-refractivity contribution in [2.24, 2.45) is 0 Å². The number of rotatable bonds is 4. The van der Waals surface area contributed by atoms with Crippen LogP contribution in [0.4, 0.5) is 13.2 Å². The largest absolute Gasteiger partial charge is 0.383 e. The third-order valence-electron chi connectivity index (χ3n) is 4.29. The number of aromatic nitrogens is 2. The van der Waals surface area contributed by atoms with E-state index in [9.17, 15) is 18.3 Å². The summed E-state index contributed by atoms with van der Waals surface area (Å²) in [7, 11) is 0. The summed E-state index contributed by atoms with van der Waals surface area (Å²) >= 11 is 0. The molecule has 2 aromatic heterocycles. The molecule has 0 saturated heterocycles. The number of halogens is 3. The lowest BCUT2D eigenvalue weighted by atomic mass is 9.94. The number of pyridine rings is 1. The summed E-state index contributed by atoms with van der Waals surface area (Å²) in [5.74, 6) is -1.88. The summed E-state index contributed by atoms with van der Waals surface area (Å²) in [6.45, 7) is 0. The van der Waals surface area contributed by atoms with E-state index < -0.39 is 23.6 Å². The zero-order valence-electron chi connectivity index (χ0n) is 14.3. The van der Waals surface area contributed by atoms with Crippen molar-refractivity contribution in [3.63, 3.8) is 0 Å². The normalized spacial score (nSPS) is 12.1. The van der Waals surface area contributed by atoms with Crippen LogP contribution in [0.3, 0.4) is 0 Å². The highest BCUT2D eigenvalue weighted by atomic mass is 19.1. The predicted octanol–water partition coefficient (Wildman–Crippen LogP) is 4.90. The van der Waals surface area contributed by atoms with E-state index in [1.54, 1.807) is 18.3 Å². The lowest BCUT2D eigenvalue weighted by Gasteiger charge is -2.13. The third-order valence-corrected chi connectivity index (χ3v) is 4.29. The van der Waals surface area contributed by atoms with Crippen LogP contribution in [0.25, 0.3) is 22.6 Å². The van der Waals surface area contributed by atoms with E-state index in [1.165, 1.54) is 36.5 Å². The lowest BCUT2D eigenvalue weighted by molar-refractivity contribution is 0.220. The van der Waals surface area contributed by atoms with Crippen molar-refractivity contribution in [2.75, 3.05) is 0 Å². The first kappa shape index (κ1) is 17.9. The molecule has 0 radical (unpaired) electrons.